The van der Waals surface area contributed by atoms with E-state index in [0.29, 0.717) is 0 Å². The Bertz CT molecular complexity index is 551. The van der Waals surface area contributed by atoms with E-state index in [2.05, 4.69) is 85.5 Å². The quantitative estimate of drug-likeness (QED) is 0.307. The number of unbranched alkanes of at least 4 members (excludes halogenated alkanes) is 1. The number of hydrogen-bond donors (Lipinski definition) is 1. The first-order chi connectivity index (χ1) is 12.0. The van der Waals surface area contributed by atoms with Gasteiger partial charge in [0, 0.05) is 6.61 Å². The maximum atomic E-state index is 10.5. The van der Waals surface area contributed by atoms with Crippen LogP contribution in [0.25, 0.3) is 0 Å². The molecule has 3 nitrogen and oxygen atoms in total. The van der Waals surface area contributed by atoms with E-state index in [0.717, 1.165) is 25.9 Å². The van der Waals surface area contributed by atoms with E-state index >= 15 is 0 Å². The third kappa shape index (κ3) is 8.98. The summed E-state index contributed by atoms with van der Waals surface area (Å²) < 4.78 is 12.7. The van der Waals surface area contributed by atoms with Crippen LogP contribution in [0.15, 0.2) is 0 Å². The van der Waals surface area contributed by atoms with Crippen LogP contribution in [-0.2, 0) is 8.85 Å². The molecule has 0 spiro atoms. The summed E-state index contributed by atoms with van der Waals surface area (Å²) >= 11 is 0. The Hall–Kier alpha value is -0.566. The van der Waals surface area contributed by atoms with Gasteiger partial charge in [-0.1, -0.05) is 47.5 Å². The predicted octanol–water partition coefficient (Wildman–Crippen LogP) is 5.57. The Morgan fingerprint density at radius 3 is 1.89 bits per heavy atom. The molecule has 0 aromatic carbocycles. The molecular formula is C22H42O3Si2. The molecule has 1 N–H and O–H groups in total. The van der Waals surface area contributed by atoms with Crippen molar-refractivity contribution in [2.45, 2.75) is 109 Å². The standard InChI is InChI=1S/C22H42O3Si2/c1-12-13-16-19(23)20(25-27(10,11)22(5,6)7)17-14-15-18-24-26(8,9)21(2,3)4/h1,19-20,23H,14-15,17-18H2,2-11H3/t19?,20-/m0/s1. The van der Waals surface area contributed by atoms with E-state index in [1.54, 1.807) is 0 Å². The second-order valence-electron chi connectivity index (χ2n) is 10.4. The molecule has 0 fully saturated rings. The maximum absolute atomic E-state index is 10.5. The van der Waals surface area contributed by atoms with Crippen LogP contribution in [0.5, 0.6) is 0 Å². The van der Waals surface area contributed by atoms with E-state index in [-0.39, 0.29) is 16.2 Å². The Labute approximate surface area is 170 Å². The van der Waals surface area contributed by atoms with Crippen molar-refractivity contribution < 1.29 is 14.0 Å². The van der Waals surface area contributed by atoms with E-state index in [4.69, 9.17) is 15.3 Å². The number of rotatable bonds is 9. The summed E-state index contributed by atoms with van der Waals surface area (Å²) in [6.45, 7) is 23.0. The Balaban J connectivity index is 4.83. The first-order valence-electron chi connectivity index (χ1n) is 10.0. The first-order valence-corrected chi connectivity index (χ1v) is 15.8. The third-order valence-electron chi connectivity index (χ3n) is 6.05. The fourth-order valence-corrected chi connectivity index (χ4v) is 4.48. The summed E-state index contributed by atoms with van der Waals surface area (Å²) in [5.41, 5.74) is 0. The van der Waals surface area contributed by atoms with Crippen molar-refractivity contribution in [1.29, 1.82) is 0 Å². The van der Waals surface area contributed by atoms with Crippen LogP contribution in [0, 0.1) is 24.2 Å². The van der Waals surface area contributed by atoms with Crippen LogP contribution >= 0.6 is 0 Å². The summed E-state index contributed by atoms with van der Waals surface area (Å²) in [5, 5.41) is 10.8. The van der Waals surface area contributed by atoms with E-state index in [9.17, 15) is 5.11 Å². The van der Waals surface area contributed by atoms with Gasteiger partial charge in [0.15, 0.2) is 16.6 Å². The van der Waals surface area contributed by atoms with Crippen LogP contribution in [0.4, 0.5) is 0 Å². The average Bonchev–Trinajstić information content (AvgIpc) is 2.48. The molecule has 0 saturated heterocycles. The molecule has 0 aromatic heterocycles. The topological polar surface area (TPSA) is 38.7 Å². The highest BCUT2D eigenvalue weighted by Gasteiger charge is 2.40. The highest BCUT2D eigenvalue weighted by molar-refractivity contribution is 6.74. The molecule has 0 amide bonds. The highest BCUT2D eigenvalue weighted by atomic mass is 28.4. The summed E-state index contributed by atoms with van der Waals surface area (Å²) in [7, 11) is -3.70. The molecular weight excluding hydrogens is 368 g/mol. The fourth-order valence-electron chi connectivity index (χ4n) is 2.04. The number of aliphatic hydroxyl groups is 1. The molecule has 0 aliphatic rings. The number of aliphatic hydroxyl groups excluding tert-OH is 1. The minimum atomic E-state index is -2.00. The van der Waals surface area contributed by atoms with Crippen LogP contribution < -0.4 is 0 Å². The molecule has 0 bridgehead atoms. The highest BCUT2D eigenvalue weighted by Crippen LogP contribution is 2.38. The lowest BCUT2D eigenvalue weighted by atomic mass is 10.1. The molecule has 5 heteroatoms. The SMILES string of the molecule is C#CC#CC(O)[C@H](CCCCO[Si](C)(C)C(C)(C)C)O[Si](C)(C)C(C)(C)C. The van der Waals surface area contributed by atoms with Gasteiger partial charge in [-0.15, -0.1) is 6.42 Å². The summed E-state index contributed by atoms with van der Waals surface area (Å²) in [4.78, 5) is 0. The number of terminal acetylenes is 1. The van der Waals surface area contributed by atoms with E-state index in [1.807, 2.05) is 0 Å². The van der Waals surface area contributed by atoms with Gasteiger partial charge < -0.3 is 14.0 Å². The van der Waals surface area contributed by atoms with Gasteiger partial charge in [0.2, 0.25) is 0 Å². The van der Waals surface area contributed by atoms with Gasteiger partial charge in [-0.3, -0.25) is 0 Å². The van der Waals surface area contributed by atoms with Gasteiger partial charge in [0.05, 0.1) is 6.10 Å². The molecule has 2 atom stereocenters. The zero-order valence-electron chi connectivity index (χ0n) is 19.3. The van der Waals surface area contributed by atoms with Crippen molar-refractivity contribution in [3.8, 4) is 24.2 Å². The summed E-state index contributed by atoms with van der Waals surface area (Å²) in [6.07, 6.45) is 6.70. The Kier molecular flexibility index (Phi) is 10.1. The largest absolute Gasteiger partial charge is 0.417 e. The Morgan fingerprint density at radius 1 is 0.926 bits per heavy atom. The molecule has 0 aliphatic carbocycles. The lowest BCUT2D eigenvalue weighted by Gasteiger charge is -2.40. The third-order valence-corrected chi connectivity index (χ3v) is 15.1. The monoisotopic (exact) mass is 410 g/mol. The molecule has 1 unspecified atom stereocenters. The van der Waals surface area contributed by atoms with E-state index in [1.165, 1.54) is 0 Å². The smallest absolute Gasteiger partial charge is 0.192 e. The van der Waals surface area contributed by atoms with Crippen molar-refractivity contribution >= 4 is 16.6 Å². The normalized spacial score (nSPS) is 15.5. The van der Waals surface area contributed by atoms with Crippen LogP contribution in [0.1, 0.15) is 60.8 Å². The average molecular weight is 411 g/mol. The minimum Gasteiger partial charge on any atom is -0.417 e. The van der Waals surface area contributed by atoms with Crippen molar-refractivity contribution in [2.75, 3.05) is 6.61 Å². The van der Waals surface area contributed by atoms with Crippen LogP contribution in [0.2, 0.25) is 36.3 Å². The lowest BCUT2D eigenvalue weighted by molar-refractivity contribution is 0.0542. The maximum Gasteiger partial charge on any atom is 0.192 e. The van der Waals surface area contributed by atoms with Crippen LogP contribution in [0.3, 0.4) is 0 Å². The van der Waals surface area contributed by atoms with E-state index < -0.39 is 22.7 Å². The fraction of sp³-hybridized carbons (Fsp3) is 0.818. The second-order valence-corrected chi connectivity index (χ2v) is 19.9. The molecule has 0 aromatic rings. The summed E-state index contributed by atoms with van der Waals surface area (Å²) in [6, 6.07) is 0. The molecule has 0 radical (unpaired) electrons. The Morgan fingerprint density at radius 2 is 1.44 bits per heavy atom. The molecule has 0 aliphatic heterocycles. The van der Waals surface area contributed by atoms with Gasteiger partial charge in [0.25, 0.3) is 0 Å². The molecule has 27 heavy (non-hydrogen) atoms. The zero-order valence-corrected chi connectivity index (χ0v) is 21.3. The van der Waals surface area contributed by atoms with Gasteiger partial charge in [-0.2, -0.15) is 0 Å². The summed E-state index contributed by atoms with van der Waals surface area (Å²) in [5.74, 6) is 7.54. The minimum absolute atomic E-state index is 0.0793. The van der Waals surface area contributed by atoms with Crippen molar-refractivity contribution in [3.05, 3.63) is 0 Å². The van der Waals surface area contributed by atoms with Gasteiger partial charge in [-0.05, 0) is 67.4 Å². The van der Waals surface area contributed by atoms with Gasteiger partial charge in [-0.25, -0.2) is 0 Å². The molecule has 0 saturated carbocycles. The number of hydrogen-bond acceptors (Lipinski definition) is 3. The van der Waals surface area contributed by atoms with Crippen LogP contribution in [-0.4, -0.2) is 40.6 Å². The molecule has 156 valence electrons. The van der Waals surface area contributed by atoms with Crippen molar-refractivity contribution in [1.82, 2.24) is 0 Å². The predicted molar refractivity (Wildman–Crippen MR) is 122 cm³/mol. The van der Waals surface area contributed by atoms with Gasteiger partial charge in [0.1, 0.15) is 6.10 Å². The first kappa shape index (κ1) is 26.4. The van der Waals surface area contributed by atoms with Crippen molar-refractivity contribution in [3.63, 3.8) is 0 Å². The zero-order chi connectivity index (χ0) is 21.5. The van der Waals surface area contributed by atoms with Crippen molar-refractivity contribution in [2.24, 2.45) is 0 Å². The van der Waals surface area contributed by atoms with Gasteiger partial charge >= 0.3 is 0 Å². The lowest BCUT2D eigenvalue weighted by Crippen LogP contribution is -2.47. The molecule has 0 heterocycles. The molecule has 0 rings (SSSR count). The second kappa shape index (κ2) is 10.3.